The van der Waals surface area contributed by atoms with Gasteiger partial charge in [0.15, 0.2) is 29.6 Å². The van der Waals surface area contributed by atoms with E-state index in [1.54, 1.807) is 121 Å². The minimum absolute atomic E-state index is 0.254. The van der Waals surface area contributed by atoms with Gasteiger partial charge in [-0.1, -0.05) is 182 Å². The molecule has 6 aromatic carbocycles. The van der Waals surface area contributed by atoms with Gasteiger partial charge in [-0.15, -0.1) is 0 Å². The molecule has 0 saturated carbocycles. The molecule has 6 rings (SSSR count). The van der Waals surface area contributed by atoms with Crippen molar-refractivity contribution >= 4 is 17.3 Å². The molecule has 0 aliphatic heterocycles. The van der Waals surface area contributed by atoms with Gasteiger partial charge in [-0.3, -0.25) is 14.4 Å². The van der Waals surface area contributed by atoms with Crippen molar-refractivity contribution in [2.75, 3.05) is 0 Å². The molecule has 6 aromatic rings. The topological polar surface area (TPSA) is 89.9 Å². The van der Waals surface area contributed by atoms with E-state index in [4.69, 9.17) is 9.78 Å². The fourth-order valence-electron chi connectivity index (χ4n) is 4.92. The number of aliphatic hydroxyl groups is 1. The summed E-state index contributed by atoms with van der Waals surface area (Å²) in [6, 6.07) is 53.7. The maximum atomic E-state index is 13.2. The molecule has 3 atom stereocenters. The van der Waals surface area contributed by atoms with Crippen LogP contribution in [0.5, 0.6) is 0 Å². The lowest BCUT2D eigenvalue weighted by Crippen LogP contribution is -2.22. The normalized spacial score (nSPS) is 12.4. The molecule has 0 amide bonds. The molecule has 0 aliphatic carbocycles. The summed E-state index contributed by atoms with van der Waals surface area (Å²) in [4.78, 5) is 49.9. The fraction of sp³-hybridized carbons (Fsp3) is 0.0714. The van der Waals surface area contributed by atoms with Crippen molar-refractivity contribution in [3.05, 3.63) is 215 Å². The first-order valence-corrected chi connectivity index (χ1v) is 15.5. The maximum absolute atomic E-state index is 13.2. The van der Waals surface area contributed by atoms with Crippen LogP contribution in [0.1, 0.15) is 66.1 Å². The van der Waals surface area contributed by atoms with Gasteiger partial charge in [-0.05, 0) is 16.7 Å². The van der Waals surface area contributed by atoms with E-state index < -0.39 is 18.3 Å². The van der Waals surface area contributed by atoms with Gasteiger partial charge in [-0.2, -0.15) is 0 Å². The largest absolute Gasteiger partial charge is 0.380 e. The van der Waals surface area contributed by atoms with Gasteiger partial charge in [0.1, 0.15) is 6.10 Å². The predicted molar refractivity (Wildman–Crippen MR) is 184 cm³/mol. The highest BCUT2D eigenvalue weighted by atomic mass is 17.2. The first kappa shape index (κ1) is 33.6. The summed E-state index contributed by atoms with van der Waals surface area (Å²) < 4.78 is 0. The van der Waals surface area contributed by atoms with E-state index in [9.17, 15) is 19.5 Å². The second kappa shape index (κ2) is 17.2. The number of Topliss-reactive ketones (excluding diaryl/α,β-unsaturated/α-hetero) is 3. The molecule has 3 unspecified atom stereocenters. The van der Waals surface area contributed by atoms with Crippen molar-refractivity contribution in [1.29, 1.82) is 0 Å². The van der Waals surface area contributed by atoms with Crippen LogP contribution >= 0.6 is 0 Å². The monoisotopic (exact) mass is 634 g/mol. The van der Waals surface area contributed by atoms with E-state index in [1.807, 2.05) is 60.7 Å². The Labute approximate surface area is 279 Å². The molecular formula is C42H34O6. The third-order valence-electron chi connectivity index (χ3n) is 7.47. The zero-order chi connectivity index (χ0) is 33.6. The molecule has 1 N–H and O–H groups in total. The van der Waals surface area contributed by atoms with Crippen LogP contribution in [0.4, 0.5) is 0 Å². The van der Waals surface area contributed by atoms with Crippen molar-refractivity contribution in [3.8, 4) is 0 Å². The Hall–Kier alpha value is -5.79. The van der Waals surface area contributed by atoms with Gasteiger partial charge in [-0.25, -0.2) is 9.78 Å². The zero-order valence-electron chi connectivity index (χ0n) is 26.0. The number of aliphatic hydroxyl groups excluding tert-OH is 1. The number of benzene rings is 6. The van der Waals surface area contributed by atoms with E-state index in [1.165, 1.54) is 0 Å². The molecular weight excluding hydrogens is 600 g/mol. The highest BCUT2D eigenvalue weighted by Gasteiger charge is 2.29. The molecule has 238 valence electrons. The lowest BCUT2D eigenvalue weighted by molar-refractivity contribution is -0.333. The van der Waals surface area contributed by atoms with Crippen LogP contribution in [0.2, 0.25) is 0 Å². The molecule has 6 heteroatoms. The summed E-state index contributed by atoms with van der Waals surface area (Å²) >= 11 is 0. The maximum Gasteiger partial charge on any atom is 0.199 e. The fourth-order valence-corrected chi connectivity index (χ4v) is 4.92. The van der Waals surface area contributed by atoms with Crippen molar-refractivity contribution < 1.29 is 29.3 Å². The van der Waals surface area contributed by atoms with Crippen LogP contribution in [0.15, 0.2) is 182 Å². The second-order valence-corrected chi connectivity index (χ2v) is 10.8. The van der Waals surface area contributed by atoms with Gasteiger partial charge in [0.2, 0.25) is 0 Å². The van der Waals surface area contributed by atoms with E-state index >= 15 is 0 Å². The van der Waals surface area contributed by atoms with Gasteiger partial charge >= 0.3 is 0 Å². The van der Waals surface area contributed by atoms with E-state index in [2.05, 4.69) is 0 Å². The lowest BCUT2D eigenvalue weighted by Gasteiger charge is -2.21. The Balaban J connectivity index is 0.000000236. The molecule has 48 heavy (non-hydrogen) atoms. The van der Waals surface area contributed by atoms with Crippen LogP contribution in [0.25, 0.3) is 0 Å². The third-order valence-corrected chi connectivity index (χ3v) is 7.47. The van der Waals surface area contributed by atoms with Gasteiger partial charge in [0.25, 0.3) is 0 Å². The number of ketones is 3. The molecule has 0 radical (unpaired) electrons. The molecule has 0 aliphatic rings. The van der Waals surface area contributed by atoms with Gasteiger partial charge in [0, 0.05) is 16.7 Å². The third kappa shape index (κ3) is 8.93. The zero-order valence-corrected chi connectivity index (χ0v) is 26.0. The van der Waals surface area contributed by atoms with Crippen LogP contribution < -0.4 is 0 Å². The van der Waals surface area contributed by atoms with Crippen LogP contribution in [-0.4, -0.2) is 22.5 Å². The first-order valence-electron chi connectivity index (χ1n) is 15.5. The molecule has 0 aromatic heterocycles. The van der Waals surface area contributed by atoms with Crippen LogP contribution in [-0.2, 0) is 9.78 Å². The number of rotatable bonds is 12. The Bertz CT molecular complexity index is 1770. The highest BCUT2D eigenvalue weighted by Crippen LogP contribution is 2.29. The van der Waals surface area contributed by atoms with Crippen molar-refractivity contribution in [2.24, 2.45) is 0 Å². The standard InChI is InChI=1S/C28H22O4.C14H12O2/c29-25(21-13-5-1-6-14-21)27(23-17-9-3-10-18-23)31-32-28(24-19-11-4-12-20-24)26(30)22-15-7-2-8-16-22;15-13(11-7-3-1-4-8-11)14(16)12-9-5-2-6-10-12/h1-20,27-28H;1-10,13,15H. The van der Waals surface area contributed by atoms with Crippen molar-refractivity contribution in [1.82, 2.24) is 0 Å². The SMILES string of the molecule is O=C(c1ccccc1)C(O)c1ccccc1.O=C(c1ccccc1)C(OOC(C(=O)c1ccccc1)c1ccccc1)c1ccccc1. The molecule has 6 nitrogen and oxygen atoms in total. The van der Waals surface area contributed by atoms with Gasteiger partial charge in [0.05, 0.1) is 0 Å². The summed E-state index contributed by atoms with van der Waals surface area (Å²) in [7, 11) is 0. The quantitative estimate of drug-likeness (QED) is 0.0822. The van der Waals surface area contributed by atoms with Crippen LogP contribution in [0.3, 0.4) is 0 Å². The van der Waals surface area contributed by atoms with E-state index in [0.29, 0.717) is 33.4 Å². The summed E-state index contributed by atoms with van der Waals surface area (Å²) in [6.07, 6.45) is -3.12. The Morgan fingerprint density at radius 2 is 0.604 bits per heavy atom. The van der Waals surface area contributed by atoms with E-state index in [-0.39, 0.29) is 17.3 Å². The Morgan fingerprint density at radius 3 is 0.917 bits per heavy atom. The molecule has 0 saturated heterocycles. The minimum Gasteiger partial charge on any atom is -0.380 e. The number of hydrogen-bond acceptors (Lipinski definition) is 6. The summed E-state index contributed by atoms with van der Waals surface area (Å²) in [6.45, 7) is 0. The highest BCUT2D eigenvalue weighted by molar-refractivity contribution is 6.01. The Kier molecular flexibility index (Phi) is 12.0. The average Bonchev–Trinajstić information content (AvgIpc) is 3.18. The number of carbonyl (C=O) groups excluding carboxylic acids is 3. The summed E-state index contributed by atoms with van der Waals surface area (Å²) in [5, 5.41) is 9.89. The predicted octanol–water partition coefficient (Wildman–Crippen LogP) is 8.79. The minimum atomic E-state index is -1.08. The summed E-state index contributed by atoms with van der Waals surface area (Å²) in [5.74, 6) is -0.779. The van der Waals surface area contributed by atoms with Crippen molar-refractivity contribution in [2.45, 2.75) is 18.3 Å². The number of hydrogen-bond donors (Lipinski definition) is 1. The smallest absolute Gasteiger partial charge is 0.199 e. The average molecular weight is 635 g/mol. The van der Waals surface area contributed by atoms with Crippen LogP contribution in [0, 0.1) is 0 Å². The molecule has 0 heterocycles. The first-order chi connectivity index (χ1) is 23.5. The molecule has 0 fully saturated rings. The second-order valence-electron chi connectivity index (χ2n) is 10.8. The van der Waals surface area contributed by atoms with Gasteiger partial charge < -0.3 is 5.11 Å². The number of carbonyl (C=O) groups is 3. The van der Waals surface area contributed by atoms with E-state index in [0.717, 1.165) is 0 Å². The molecule has 0 spiro atoms. The lowest BCUT2D eigenvalue weighted by atomic mass is 9.99. The van der Waals surface area contributed by atoms with Crippen molar-refractivity contribution in [3.63, 3.8) is 0 Å². The summed E-state index contributed by atoms with van der Waals surface area (Å²) in [5.41, 5.74) is 3.42. The Morgan fingerprint density at radius 1 is 0.354 bits per heavy atom. The molecule has 0 bridgehead atoms.